The molecule has 0 aromatic heterocycles. The second-order valence-corrected chi connectivity index (χ2v) is 8.75. The average molecular weight is 562 g/mol. The molecular formula is C24H22Br2N2O4. The van der Waals surface area contributed by atoms with Gasteiger partial charge in [0.1, 0.15) is 11.5 Å². The fraction of sp³-hybridized carbons (Fsp3) is 0.167. The van der Waals surface area contributed by atoms with Crippen LogP contribution in [-0.2, 0) is 9.59 Å². The summed E-state index contributed by atoms with van der Waals surface area (Å²) in [6.45, 7) is 3.57. The van der Waals surface area contributed by atoms with Crippen LogP contribution in [0.25, 0.3) is 0 Å². The number of hydrogen-bond acceptors (Lipinski definition) is 4. The minimum Gasteiger partial charge on any atom is -0.484 e. The summed E-state index contributed by atoms with van der Waals surface area (Å²) in [4.78, 5) is 24.7. The number of benzene rings is 3. The van der Waals surface area contributed by atoms with Crippen LogP contribution >= 0.6 is 31.9 Å². The molecule has 0 aliphatic heterocycles. The Kier molecular flexibility index (Phi) is 8.30. The number of ether oxygens (including phenoxy) is 2. The molecule has 32 heavy (non-hydrogen) atoms. The highest BCUT2D eigenvalue weighted by Crippen LogP contribution is 2.24. The molecule has 0 aliphatic rings. The Balaban J connectivity index is 1.54. The van der Waals surface area contributed by atoms with E-state index in [0.29, 0.717) is 22.9 Å². The first-order valence-electron chi connectivity index (χ1n) is 9.78. The smallest absolute Gasteiger partial charge is 0.262 e. The molecule has 0 saturated heterocycles. The van der Waals surface area contributed by atoms with Crippen molar-refractivity contribution in [1.29, 1.82) is 0 Å². The minimum absolute atomic E-state index is 0.157. The SMILES string of the molecule is Cc1cc(OCC(=O)Nc2ccccc2NC(=O)COc2ccc(Br)c(C)c2)ccc1Br. The van der Waals surface area contributed by atoms with Gasteiger partial charge in [-0.25, -0.2) is 0 Å². The van der Waals surface area contributed by atoms with Gasteiger partial charge in [0.05, 0.1) is 11.4 Å². The Hall–Kier alpha value is -2.84. The maximum atomic E-state index is 12.4. The van der Waals surface area contributed by atoms with Crippen LogP contribution in [0.3, 0.4) is 0 Å². The van der Waals surface area contributed by atoms with Crippen LogP contribution in [0, 0.1) is 13.8 Å². The highest BCUT2D eigenvalue weighted by molar-refractivity contribution is 9.10. The molecule has 2 N–H and O–H groups in total. The van der Waals surface area contributed by atoms with Gasteiger partial charge in [0, 0.05) is 8.95 Å². The number of carbonyl (C=O) groups is 2. The Bertz CT molecular complexity index is 1050. The number of nitrogens with one attached hydrogen (secondary N) is 2. The maximum Gasteiger partial charge on any atom is 0.262 e. The number of halogens is 2. The van der Waals surface area contributed by atoms with Crippen molar-refractivity contribution in [3.8, 4) is 11.5 Å². The predicted molar refractivity (Wildman–Crippen MR) is 132 cm³/mol. The van der Waals surface area contributed by atoms with E-state index < -0.39 is 0 Å². The lowest BCUT2D eigenvalue weighted by Crippen LogP contribution is -2.23. The van der Waals surface area contributed by atoms with Crippen LogP contribution in [0.2, 0.25) is 0 Å². The highest BCUT2D eigenvalue weighted by atomic mass is 79.9. The van der Waals surface area contributed by atoms with Gasteiger partial charge in [-0.2, -0.15) is 0 Å². The molecule has 0 atom stereocenters. The quantitative estimate of drug-likeness (QED) is 0.361. The third kappa shape index (κ3) is 6.83. The number of amides is 2. The molecule has 0 spiro atoms. The first kappa shape index (κ1) is 23.8. The number of aryl methyl sites for hydroxylation is 2. The minimum atomic E-state index is -0.339. The Morgan fingerprint density at radius 2 is 1.12 bits per heavy atom. The van der Waals surface area contributed by atoms with E-state index >= 15 is 0 Å². The van der Waals surface area contributed by atoms with Gasteiger partial charge in [0.15, 0.2) is 13.2 Å². The van der Waals surface area contributed by atoms with E-state index in [4.69, 9.17) is 9.47 Å². The van der Waals surface area contributed by atoms with Crippen molar-refractivity contribution < 1.29 is 19.1 Å². The normalized spacial score (nSPS) is 10.4. The number of carbonyl (C=O) groups excluding carboxylic acids is 2. The van der Waals surface area contributed by atoms with Crippen molar-refractivity contribution in [1.82, 2.24) is 0 Å². The monoisotopic (exact) mass is 560 g/mol. The lowest BCUT2D eigenvalue weighted by Gasteiger charge is -2.13. The third-order valence-electron chi connectivity index (χ3n) is 4.47. The molecule has 3 aromatic rings. The molecule has 8 heteroatoms. The van der Waals surface area contributed by atoms with E-state index in [1.54, 1.807) is 36.4 Å². The molecule has 0 fully saturated rings. The Morgan fingerprint density at radius 1 is 0.719 bits per heavy atom. The Morgan fingerprint density at radius 3 is 1.50 bits per heavy atom. The van der Waals surface area contributed by atoms with Gasteiger partial charge in [-0.1, -0.05) is 44.0 Å². The van der Waals surface area contributed by atoms with Gasteiger partial charge >= 0.3 is 0 Å². The van der Waals surface area contributed by atoms with Crippen LogP contribution in [0.4, 0.5) is 11.4 Å². The largest absolute Gasteiger partial charge is 0.484 e. The van der Waals surface area contributed by atoms with Crippen LogP contribution in [0.15, 0.2) is 69.6 Å². The summed E-state index contributed by atoms with van der Waals surface area (Å²) in [5.74, 6) is 0.522. The summed E-state index contributed by atoms with van der Waals surface area (Å²) in [5.41, 5.74) is 2.97. The molecule has 0 aliphatic carbocycles. The van der Waals surface area contributed by atoms with Gasteiger partial charge in [0.2, 0.25) is 0 Å². The number of rotatable bonds is 8. The standard InChI is InChI=1S/C24H22Br2N2O4/c1-15-11-17(7-9-19(15)25)31-13-23(29)27-21-5-3-4-6-22(21)28-24(30)14-32-18-8-10-20(26)16(2)12-18/h3-12H,13-14H2,1-2H3,(H,27,29)(H,28,30). The van der Waals surface area contributed by atoms with Gasteiger partial charge < -0.3 is 20.1 Å². The first-order chi connectivity index (χ1) is 15.3. The fourth-order valence-electron chi connectivity index (χ4n) is 2.79. The zero-order chi connectivity index (χ0) is 23.1. The van der Waals surface area contributed by atoms with Crippen LogP contribution in [0.1, 0.15) is 11.1 Å². The van der Waals surface area contributed by atoms with Crippen molar-refractivity contribution in [2.75, 3.05) is 23.8 Å². The molecule has 2 amide bonds. The first-order valence-corrected chi connectivity index (χ1v) is 11.4. The summed E-state index contributed by atoms with van der Waals surface area (Å²) in [5, 5.41) is 5.53. The lowest BCUT2D eigenvalue weighted by molar-refractivity contribution is -0.119. The van der Waals surface area contributed by atoms with Gasteiger partial charge in [0.25, 0.3) is 11.8 Å². The van der Waals surface area contributed by atoms with E-state index in [1.165, 1.54) is 0 Å². The van der Waals surface area contributed by atoms with Crippen LogP contribution in [0.5, 0.6) is 11.5 Å². The molecule has 0 bridgehead atoms. The summed E-state index contributed by atoms with van der Waals surface area (Å²) in [7, 11) is 0. The summed E-state index contributed by atoms with van der Waals surface area (Å²) in [6, 6.07) is 17.9. The molecule has 0 unspecified atom stereocenters. The van der Waals surface area contributed by atoms with Gasteiger partial charge in [-0.15, -0.1) is 0 Å². The zero-order valence-electron chi connectivity index (χ0n) is 17.6. The van der Waals surface area contributed by atoms with E-state index in [2.05, 4.69) is 42.5 Å². The third-order valence-corrected chi connectivity index (χ3v) is 6.25. The molecular weight excluding hydrogens is 540 g/mol. The molecule has 0 heterocycles. The van der Waals surface area contributed by atoms with E-state index in [-0.39, 0.29) is 25.0 Å². The van der Waals surface area contributed by atoms with Crippen molar-refractivity contribution >= 4 is 55.0 Å². The van der Waals surface area contributed by atoms with Crippen molar-refractivity contribution in [2.24, 2.45) is 0 Å². The topological polar surface area (TPSA) is 76.7 Å². The summed E-state index contributed by atoms with van der Waals surface area (Å²) in [6.07, 6.45) is 0. The summed E-state index contributed by atoms with van der Waals surface area (Å²) >= 11 is 6.86. The van der Waals surface area contributed by atoms with Gasteiger partial charge in [-0.05, 0) is 73.5 Å². The molecule has 0 radical (unpaired) electrons. The fourth-order valence-corrected chi connectivity index (χ4v) is 3.28. The van der Waals surface area contributed by atoms with E-state index in [0.717, 1.165) is 20.1 Å². The number of anilines is 2. The van der Waals surface area contributed by atoms with Crippen molar-refractivity contribution in [3.63, 3.8) is 0 Å². The second kappa shape index (κ2) is 11.2. The number of hydrogen-bond donors (Lipinski definition) is 2. The second-order valence-electron chi connectivity index (χ2n) is 7.04. The highest BCUT2D eigenvalue weighted by Gasteiger charge is 2.11. The average Bonchev–Trinajstić information content (AvgIpc) is 2.77. The van der Waals surface area contributed by atoms with Crippen LogP contribution in [-0.4, -0.2) is 25.0 Å². The Labute approximate surface area is 203 Å². The van der Waals surface area contributed by atoms with Crippen molar-refractivity contribution in [3.05, 3.63) is 80.7 Å². The van der Waals surface area contributed by atoms with Gasteiger partial charge in [-0.3, -0.25) is 9.59 Å². The van der Waals surface area contributed by atoms with E-state index in [9.17, 15) is 9.59 Å². The molecule has 166 valence electrons. The number of para-hydroxylation sites is 2. The van der Waals surface area contributed by atoms with E-state index in [1.807, 2.05) is 38.1 Å². The predicted octanol–water partition coefficient (Wildman–Crippen LogP) is 5.86. The van der Waals surface area contributed by atoms with Crippen molar-refractivity contribution in [2.45, 2.75) is 13.8 Å². The summed E-state index contributed by atoms with van der Waals surface area (Å²) < 4.78 is 13.1. The molecule has 3 rings (SSSR count). The molecule has 0 saturated carbocycles. The lowest BCUT2D eigenvalue weighted by atomic mass is 10.2. The maximum absolute atomic E-state index is 12.4. The molecule has 3 aromatic carbocycles. The van der Waals surface area contributed by atoms with Crippen LogP contribution < -0.4 is 20.1 Å². The zero-order valence-corrected chi connectivity index (χ0v) is 20.7. The molecule has 6 nitrogen and oxygen atoms in total.